The lowest BCUT2D eigenvalue weighted by atomic mass is 9.88. The zero-order chi connectivity index (χ0) is 103. The van der Waals surface area contributed by atoms with Crippen molar-refractivity contribution in [2.24, 2.45) is 29.6 Å². The van der Waals surface area contributed by atoms with Gasteiger partial charge >= 0.3 is 29.8 Å². The van der Waals surface area contributed by atoms with Gasteiger partial charge in [-0.2, -0.15) is 0 Å². The Hall–Kier alpha value is -7.21. The van der Waals surface area contributed by atoms with E-state index in [0.717, 1.165) is 5.57 Å². The molecule has 0 aliphatic carbocycles. The van der Waals surface area contributed by atoms with Gasteiger partial charge in [0.15, 0.2) is 66.5 Å². The van der Waals surface area contributed by atoms with Gasteiger partial charge in [-0.1, -0.05) is 174 Å². The number of benzene rings is 2. The fourth-order valence-corrected chi connectivity index (χ4v) is 17.8. The Morgan fingerprint density at radius 2 is 0.839 bits per heavy atom. The Balaban J connectivity index is 0.000000374. The molecule has 0 amide bonds. The average molecular weight is 2010 g/mol. The molecule has 37 heteroatoms. The van der Waals surface area contributed by atoms with E-state index in [1.54, 1.807) is 120 Å². The summed E-state index contributed by atoms with van der Waals surface area (Å²) in [7, 11) is 0. The number of aliphatic hydroxyl groups excluding tert-OH is 11. The van der Waals surface area contributed by atoms with E-state index in [1.807, 2.05) is 65.8 Å². The van der Waals surface area contributed by atoms with Gasteiger partial charge in [-0.05, 0) is 181 Å². The van der Waals surface area contributed by atoms with Crippen LogP contribution < -0.4 is 0 Å². The van der Waals surface area contributed by atoms with Crippen LogP contribution in [0, 0.1) is 29.6 Å². The summed E-state index contributed by atoms with van der Waals surface area (Å²) in [4.78, 5) is 67.2. The van der Waals surface area contributed by atoms with Crippen LogP contribution in [0.4, 0.5) is 0 Å². The highest BCUT2D eigenvalue weighted by Gasteiger charge is 2.55. The van der Waals surface area contributed by atoms with Crippen LogP contribution >= 0.6 is 46.4 Å². The van der Waals surface area contributed by atoms with Crippen molar-refractivity contribution in [1.82, 2.24) is 0 Å². The van der Waals surface area contributed by atoms with E-state index in [-0.39, 0.29) is 107 Å². The second kappa shape index (κ2) is 51.7. The first kappa shape index (κ1) is 117. The van der Waals surface area contributed by atoms with E-state index in [4.69, 9.17) is 108 Å². The van der Waals surface area contributed by atoms with Crippen molar-refractivity contribution in [2.75, 3.05) is 13.2 Å². The number of phenolic OH excluding ortho intramolecular Hbond substituents is 4. The number of phenols is 4. The first-order chi connectivity index (χ1) is 64.0. The van der Waals surface area contributed by atoms with Gasteiger partial charge in [0.05, 0.1) is 94.8 Å². The number of allylic oxidation sites excluding steroid dienone is 8. The van der Waals surface area contributed by atoms with Crippen molar-refractivity contribution >= 4 is 76.3 Å². The standard InChI is InChI=1S/C52H74Cl2O17.C48H68Cl2O16/c1-13-31-22-26(6)34(56)18-16-15-17-32(23-65-50-28(8)39(57)45(30(10)66-50)68-49(64)36-33(14-2)37(53)41(59)38(54)40(36)58)48(63)67-35(29(9)55)20-19-25(5)21-27(7)44(31)69-51-43(61)42(60)46(52(11,12)71-51)70-47(62)24(3)4;1-11-28-20-23(4)31(52)16-14-13-15-29(21-61-46-25(6)36(53)42(27(8)62-46)64-45(60)33-30(12-2)34(49)38(55)35(50)37(33)54)44(59)63-32(26(7)51)18-17-22(3)19-24(5)41(28)65-47-40(57)39(56)43(58)48(9,10)66-47/h15-17,19,21-22,24,28-31,34-35,39,42-46,50-51,55-61H,13-14,18,20,23H2,1-12H3;13-15,17,19-20,25-28,31-32,36,39-43,46-47,51-58H,11-12,16,18,21H2,1-10H3/b16-15+,25-19+,26-22+,27-21+,32-17+;14-13+,22-17+,23-20+,24-19+,29-15+/t28-,29-,30+,31+,34+,35?,39+,42-,43+,44+,45+,46?,50+,51-;25-,26-,27+,28+,31+,32?,36+,39-,40+,41+,42+,43+,46+,47-/m11/s1. The molecule has 28 atom stereocenters. The van der Waals surface area contributed by atoms with E-state index in [1.165, 1.54) is 39.8 Å². The molecule has 768 valence electrons. The highest BCUT2D eigenvalue weighted by molar-refractivity contribution is 6.40. The first-order valence-electron chi connectivity index (χ1n) is 46.4. The second-order valence-electron chi connectivity index (χ2n) is 37.5. The largest absolute Gasteiger partial charge is 0.505 e. The summed E-state index contributed by atoms with van der Waals surface area (Å²) in [6, 6.07) is 0. The molecule has 33 nitrogen and oxygen atoms in total. The van der Waals surface area contributed by atoms with Crippen LogP contribution in [0.5, 0.6) is 23.0 Å². The summed E-state index contributed by atoms with van der Waals surface area (Å²) in [6.07, 6.45) is -6.44. The van der Waals surface area contributed by atoms with Crippen molar-refractivity contribution in [1.29, 1.82) is 0 Å². The monoisotopic (exact) mass is 2010 g/mol. The number of carbonyl (C=O) groups is 5. The molecule has 6 aliphatic rings. The van der Waals surface area contributed by atoms with Crippen molar-refractivity contribution in [2.45, 2.75) is 362 Å². The van der Waals surface area contributed by atoms with E-state index in [9.17, 15) is 101 Å². The molecule has 2 aromatic carbocycles. The van der Waals surface area contributed by atoms with Crippen LogP contribution in [0.2, 0.25) is 20.1 Å². The van der Waals surface area contributed by atoms with Crippen molar-refractivity contribution in [3.05, 3.63) is 160 Å². The third-order valence-corrected chi connectivity index (χ3v) is 27.0. The minimum Gasteiger partial charge on any atom is -0.505 e. The number of halogens is 4. The minimum absolute atomic E-state index is 0.0113. The lowest BCUT2D eigenvalue weighted by molar-refractivity contribution is -0.333. The molecule has 0 radical (unpaired) electrons. The van der Waals surface area contributed by atoms with Gasteiger partial charge in [-0.3, -0.25) is 4.79 Å². The molecule has 3 unspecified atom stereocenters. The smallest absolute Gasteiger partial charge is 0.342 e. The van der Waals surface area contributed by atoms with E-state index in [0.29, 0.717) is 40.7 Å². The average Bonchev–Trinajstić information content (AvgIpc) is 0.792. The fourth-order valence-electron chi connectivity index (χ4n) is 16.7. The molecule has 4 fully saturated rings. The van der Waals surface area contributed by atoms with E-state index < -0.39 is 239 Å². The summed E-state index contributed by atoms with van der Waals surface area (Å²) in [5.74, 6) is -9.85. The van der Waals surface area contributed by atoms with Crippen LogP contribution in [0.25, 0.3) is 0 Å². The molecule has 0 aromatic heterocycles. The summed E-state index contributed by atoms with van der Waals surface area (Å²) >= 11 is 24.5. The van der Waals surface area contributed by atoms with Gasteiger partial charge in [0.1, 0.15) is 81.7 Å². The normalized spacial score (nSPS) is 36.0. The number of carbonyl (C=O) groups excluding carboxylic acids is 5. The van der Waals surface area contributed by atoms with Gasteiger partial charge in [-0.15, -0.1) is 0 Å². The summed E-state index contributed by atoms with van der Waals surface area (Å²) in [6.45, 7) is 36.3. The quantitative estimate of drug-likeness (QED) is 0.0296. The predicted molar refractivity (Wildman–Crippen MR) is 508 cm³/mol. The van der Waals surface area contributed by atoms with Gasteiger partial charge in [0.2, 0.25) is 0 Å². The molecule has 15 N–H and O–H groups in total. The first-order valence-corrected chi connectivity index (χ1v) is 47.9. The molecular weight excluding hydrogens is 1870 g/mol. The molecule has 137 heavy (non-hydrogen) atoms. The molecule has 8 rings (SSSR count). The second-order valence-corrected chi connectivity index (χ2v) is 39.0. The number of hydrogen-bond acceptors (Lipinski definition) is 33. The number of hydrogen-bond donors (Lipinski definition) is 15. The maximum absolute atomic E-state index is 13.9. The Bertz CT molecular complexity index is 4810. The summed E-state index contributed by atoms with van der Waals surface area (Å²) < 4.78 is 78.1. The summed E-state index contributed by atoms with van der Waals surface area (Å²) in [5, 5.41) is 162. The van der Waals surface area contributed by atoms with Crippen LogP contribution in [0.1, 0.15) is 223 Å². The lowest BCUT2D eigenvalue weighted by Crippen LogP contribution is -2.64. The zero-order valence-electron chi connectivity index (χ0n) is 81.8. The maximum Gasteiger partial charge on any atom is 0.342 e. The zero-order valence-corrected chi connectivity index (χ0v) is 84.8. The predicted octanol–water partition coefficient (Wildman–Crippen LogP) is 12.5. The van der Waals surface area contributed by atoms with E-state index in [2.05, 4.69) is 0 Å². The topological polar surface area (TPSA) is 509 Å². The molecule has 0 bridgehead atoms. The molecule has 0 saturated carbocycles. The SMILES string of the molecule is CCc1c(Cl)c(O)c(Cl)c(O)c1C(=O)O[C@@H]1[C@@H](O)[C@@H](C)[C@@H](OC/C2=C\C=C\C[C@H](O)/C(C)=C/[C@H](CC)[C@@H](O[C@@H]3OC(C)(C)C(OC(=O)C(C)C)[C@H](O)[C@@H]3O)/C(C)=C/C(C)=C/CC([C@@H](C)O)OC2=O)O[C@H]1C.CCc1c(Cl)c(O)c(Cl)c(O)c1C(=O)O[C@@H]1[C@@H](O)[C@@H](C)[C@@H](OC/C2=C\C=C\C[C@H](O)/C(C)=C/[C@H](CC)[C@@H](O[C@@H]3OC(C)(C)[C@@H](O)[C@H](O)[C@@H]3O)/C(C)=C/C(C)=C/CC([C@@H](C)O)OC2=O)O[C@H]1C. The van der Waals surface area contributed by atoms with Crippen molar-refractivity contribution in [3.63, 3.8) is 0 Å². The molecule has 0 spiro atoms. The molecule has 2 aromatic rings. The van der Waals surface area contributed by atoms with Gasteiger partial charge in [0.25, 0.3) is 0 Å². The third-order valence-electron chi connectivity index (χ3n) is 25.5. The number of cyclic esters (lactones) is 2. The van der Waals surface area contributed by atoms with Crippen molar-refractivity contribution < 1.29 is 162 Å². The van der Waals surface area contributed by atoms with Crippen LogP contribution in [0.15, 0.2) is 117 Å². The fraction of sp³-hybridized carbons (Fsp3) is 0.630. The number of rotatable bonds is 22. The molecule has 4 saturated heterocycles. The van der Waals surface area contributed by atoms with Crippen LogP contribution in [-0.4, -0.2) is 278 Å². The number of esters is 5. The van der Waals surface area contributed by atoms with Gasteiger partial charge in [0, 0.05) is 36.5 Å². The maximum atomic E-state index is 13.9. The Kier molecular flexibility index (Phi) is 44.0. The number of aromatic hydroxyl groups is 4. The highest BCUT2D eigenvalue weighted by atomic mass is 35.5. The Morgan fingerprint density at radius 1 is 0.474 bits per heavy atom. The minimum atomic E-state index is -1.60. The van der Waals surface area contributed by atoms with Crippen molar-refractivity contribution in [3.8, 4) is 23.0 Å². The molecule has 6 aliphatic heterocycles. The molecular formula is C100H142Cl4O33. The van der Waals surface area contributed by atoms with Gasteiger partial charge in [-0.25, -0.2) is 19.2 Å². The van der Waals surface area contributed by atoms with Crippen LogP contribution in [0.3, 0.4) is 0 Å². The summed E-state index contributed by atoms with van der Waals surface area (Å²) in [5.41, 5.74) is 1.02. The lowest BCUT2D eigenvalue weighted by Gasteiger charge is -2.47. The number of ether oxygens (including phenoxy) is 13. The Morgan fingerprint density at radius 3 is 1.19 bits per heavy atom. The number of aliphatic hydroxyl groups is 11. The third kappa shape index (κ3) is 29.5. The molecule has 6 heterocycles. The van der Waals surface area contributed by atoms with Crippen LogP contribution in [-0.2, 0) is 88.8 Å². The van der Waals surface area contributed by atoms with E-state index >= 15 is 0 Å². The van der Waals surface area contributed by atoms with Gasteiger partial charge < -0.3 is 138 Å². The Labute approximate surface area is 821 Å². The highest BCUT2D eigenvalue weighted by Crippen LogP contribution is 2.48.